The molecule has 0 aliphatic carbocycles. The second-order valence-electron chi connectivity index (χ2n) is 5.47. The summed E-state index contributed by atoms with van der Waals surface area (Å²) in [6.45, 7) is 2.06. The van der Waals surface area contributed by atoms with Crippen LogP contribution >= 0.6 is 31.9 Å². The van der Waals surface area contributed by atoms with E-state index in [0.29, 0.717) is 23.1 Å². The summed E-state index contributed by atoms with van der Waals surface area (Å²) in [6.07, 6.45) is 6.18. The molecule has 0 saturated heterocycles. The molecule has 25 heavy (non-hydrogen) atoms. The van der Waals surface area contributed by atoms with E-state index in [0.717, 1.165) is 15.4 Å². The van der Waals surface area contributed by atoms with E-state index in [9.17, 15) is 9.59 Å². The number of hydrogen-bond donors (Lipinski definition) is 1. The molecule has 1 aromatic carbocycles. The van der Waals surface area contributed by atoms with E-state index in [1.54, 1.807) is 29.4 Å². The standard InChI is InChI=1S/C16H15Br2N5O2/c1-2-3-13-20-15-11(6-10(17)7-12(15)18)16(25)23(13)21-14(24)8-22-5-4-19-9-22/h4-7,9H,2-3,8H2,1H3,(H,21,24). The Hall–Kier alpha value is -2.00. The van der Waals surface area contributed by atoms with Crippen molar-refractivity contribution in [3.63, 3.8) is 0 Å². The highest BCUT2D eigenvalue weighted by atomic mass is 79.9. The van der Waals surface area contributed by atoms with Crippen LogP contribution in [0.4, 0.5) is 0 Å². The van der Waals surface area contributed by atoms with Gasteiger partial charge in [-0.2, -0.15) is 0 Å². The summed E-state index contributed by atoms with van der Waals surface area (Å²) in [5.41, 5.74) is 2.93. The van der Waals surface area contributed by atoms with Gasteiger partial charge in [0.25, 0.3) is 11.5 Å². The minimum absolute atomic E-state index is 0.0677. The van der Waals surface area contributed by atoms with Crippen LogP contribution in [0.25, 0.3) is 10.9 Å². The Morgan fingerprint density at radius 3 is 2.80 bits per heavy atom. The summed E-state index contributed by atoms with van der Waals surface area (Å²) in [4.78, 5) is 33.7. The molecule has 2 aromatic heterocycles. The Kier molecular flexibility index (Phi) is 5.33. The Balaban J connectivity index is 2.05. The summed E-state index contributed by atoms with van der Waals surface area (Å²) >= 11 is 6.82. The third kappa shape index (κ3) is 3.82. The van der Waals surface area contributed by atoms with Gasteiger partial charge in [0.1, 0.15) is 12.4 Å². The van der Waals surface area contributed by atoms with Crippen LogP contribution in [0.1, 0.15) is 19.2 Å². The number of aryl methyl sites for hydroxylation is 1. The molecule has 0 saturated carbocycles. The van der Waals surface area contributed by atoms with Gasteiger partial charge in [-0.1, -0.05) is 22.9 Å². The van der Waals surface area contributed by atoms with Gasteiger partial charge in [-0.05, 0) is 34.5 Å². The number of nitrogens with zero attached hydrogens (tertiary/aromatic N) is 4. The average Bonchev–Trinajstić information content (AvgIpc) is 3.05. The molecule has 0 unspecified atom stereocenters. The second kappa shape index (κ2) is 7.49. The van der Waals surface area contributed by atoms with Gasteiger partial charge < -0.3 is 4.57 Å². The van der Waals surface area contributed by atoms with Crippen LogP contribution in [-0.4, -0.2) is 25.1 Å². The number of halogens is 2. The zero-order valence-electron chi connectivity index (χ0n) is 13.4. The number of fused-ring (bicyclic) bond motifs is 1. The number of nitrogens with one attached hydrogen (secondary N) is 1. The van der Waals surface area contributed by atoms with Crippen molar-refractivity contribution < 1.29 is 4.79 Å². The fraction of sp³-hybridized carbons (Fsp3) is 0.250. The van der Waals surface area contributed by atoms with Crippen molar-refractivity contribution in [1.82, 2.24) is 19.2 Å². The van der Waals surface area contributed by atoms with Gasteiger partial charge in [0.2, 0.25) is 0 Å². The Bertz CT molecular complexity index is 982. The lowest BCUT2D eigenvalue weighted by Crippen LogP contribution is -2.37. The number of carbonyl (C=O) groups is 1. The molecule has 0 atom stereocenters. The largest absolute Gasteiger partial charge is 0.328 e. The highest BCUT2D eigenvalue weighted by Crippen LogP contribution is 2.25. The van der Waals surface area contributed by atoms with Gasteiger partial charge in [0, 0.05) is 27.8 Å². The molecule has 0 bridgehead atoms. The van der Waals surface area contributed by atoms with E-state index in [4.69, 9.17) is 0 Å². The third-order valence-electron chi connectivity index (χ3n) is 3.56. The number of rotatable bonds is 5. The van der Waals surface area contributed by atoms with Crippen LogP contribution in [0.2, 0.25) is 0 Å². The minimum Gasteiger partial charge on any atom is -0.328 e. The van der Waals surface area contributed by atoms with E-state index >= 15 is 0 Å². The van der Waals surface area contributed by atoms with Gasteiger partial charge in [0.15, 0.2) is 0 Å². The van der Waals surface area contributed by atoms with Crippen molar-refractivity contribution in [2.45, 2.75) is 26.3 Å². The predicted molar refractivity (Wildman–Crippen MR) is 102 cm³/mol. The van der Waals surface area contributed by atoms with Gasteiger partial charge in [0.05, 0.1) is 17.2 Å². The lowest BCUT2D eigenvalue weighted by Gasteiger charge is -2.15. The fourth-order valence-electron chi connectivity index (χ4n) is 2.47. The van der Waals surface area contributed by atoms with E-state index in [2.05, 4.69) is 47.3 Å². The summed E-state index contributed by atoms with van der Waals surface area (Å²) in [6, 6.07) is 3.54. The lowest BCUT2D eigenvalue weighted by molar-refractivity contribution is -0.117. The first kappa shape index (κ1) is 17.8. The molecule has 1 amide bonds. The minimum atomic E-state index is -0.326. The van der Waals surface area contributed by atoms with Crippen LogP contribution in [-0.2, 0) is 17.8 Å². The Morgan fingerprint density at radius 1 is 1.32 bits per heavy atom. The van der Waals surface area contributed by atoms with Crippen LogP contribution in [0.3, 0.4) is 0 Å². The van der Waals surface area contributed by atoms with E-state index in [1.165, 1.54) is 4.68 Å². The van der Waals surface area contributed by atoms with Gasteiger partial charge in [-0.15, -0.1) is 0 Å². The van der Waals surface area contributed by atoms with Crippen molar-refractivity contribution >= 4 is 48.7 Å². The monoisotopic (exact) mass is 467 g/mol. The third-order valence-corrected chi connectivity index (χ3v) is 4.62. The molecule has 0 aliphatic heterocycles. The van der Waals surface area contributed by atoms with Crippen molar-refractivity contribution in [2.75, 3.05) is 5.43 Å². The number of carbonyl (C=O) groups excluding carboxylic acids is 1. The molecule has 0 fully saturated rings. The molecule has 0 aliphatic rings. The quantitative estimate of drug-likeness (QED) is 0.624. The normalized spacial score (nSPS) is 11.0. The van der Waals surface area contributed by atoms with Crippen LogP contribution in [0.15, 0.2) is 44.6 Å². The first-order valence-electron chi connectivity index (χ1n) is 7.66. The molecule has 130 valence electrons. The van der Waals surface area contributed by atoms with E-state index in [-0.39, 0.29) is 18.0 Å². The SMILES string of the molecule is CCCc1nc2c(Br)cc(Br)cc2c(=O)n1NC(=O)Cn1ccnc1. The smallest absolute Gasteiger partial charge is 0.280 e. The average molecular weight is 469 g/mol. The molecule has 0 spiro atoms. The van der Waals surface area contributed by atoms with Gasteiger partial charge >= 0.3 is 0 Å². The zero-order valence-corrected chi connectivity index (χ0v) is 16.5. The summed E-state index contributed by atoms with van der Waals surface area (Å²) in [5.74, 6) is 0.190. The maximum Gasteiger partial charge on any atom is 0.280 e. The van der Waals surface area contributed by atoms with E-state index < -0.39 is 0 Å². The number of aromatic nitrogens is 4. The molecular weight excluding hydrogens is 454 g/mol. The molecule has 3 aromatic rings. The van der Waals surface area contributed by atoms with Crippen molar-refractivity contribution in [3.8, 4) is 0 Å². The molecule has 3 rings (SSSR count). The molecular formula is C16H15Br2N5O2. The maximum absolute atomic E-state index is 12.9. The Morgan fingerprint density at radius 2 is 2.12 bits per heavy atom. The van der Waals surface area contributed by atoms with Crippen LogP contribution in [0, 0.1) is 0 Å². The second-order valence-corrected chi connectivity index (χ2v) is 7.24. The fourth-order valence-corrected chi connectivity index (χ4v) is 3.79. The molecule has 9 heteroatoms. The van der Waals surface area contributed by atoms with Crippen molar-refractivity contribution in [1.29, 1.82) is 0 Å². The van der Waals surface area contributed by atoms with E-state index in [1.807, 2.05) is 13.0 Å². The first-order chi connectivity index (χ1) is 12.0. The van der Waals surface area contributed by atoms with Gasteiger partial charge in [-0.3, -0.25) is 15.0 Å². The topological polar surface area (TPSA) is 81.8 Å². The van der Waals surface area contributed by atoms with Gasteiger partial charge in [-0.25, -0.2) is 14.6 Å². The summed E-state index contributed by atoms with van der Waals surface area (Å²) in [7, 11) is 0. The Labute approximate surface area is 160 Å². The molecule has 1 N–H and O–H groups in total. The number of imidazole rings is 1. The molecule has 0 radical (unpaired) electrons. The number of amides is 1. The number of hydrogen-bond acceptors (Lipinski definition) is 4. The number of benzene rings is 1. The van der Waals surface area contributed by atoms with Crippen LogP contribution in [0.5, 0.6) is 0 Å². The van der Waals surface area contributed by atoms with Crippen molar-refractivity contribution in [2.24, 2.45) is 0 Å². The first-order valence-corrected chi connectivity index (χ1v) is 9.24. The predicted octanol–water partition coefficient (Wildman–Crippen LogP) is 2.84. The lowest BCUT2D eigenvalue weighted by atomic mass is 10.2. The van der Waals surface area contributed by atoms with Crippen molar-refractivity contribution in [3.05, 3.63) is 56.0 Å². The maximum atomic E-state index is 12.9. The summed E-state index contributed by atoms with van der Waals surface area (Å²) in [5, 5.41) is 0.420. The molecule has 2 heterocycles. The highest BCUT2D eigenvalue weighted by Gasteiger charge is 2.15. The van der Waals surface area contributed by atoms with Crippen LogP contribution < -0.4 is 11.0 Å². The summed E-state index contributed by atoms with van der Waals surface area (Å²) < 4.78 is 4.35. The zero-order chi connectivity index (χ0) is 18.0. The highest BCUT2D eigenvalue weighted by molar-refractivity contribution is 9.11. The molecule has 7 nitrogen and oxygen atoms in total.